The van der Waals surface area contributed by atoms with Gasteiger partial charge in [-0.25, -0.2) is 9.18 Å². The van der Waals surface area contributed by atoms with Crippen molar-refractivity contribution in [2.24, 2.45) is 0 Å². The first-order valence-corrected chi connectivity index (χ1v) is 9.42. The van der Waals surface area contributed by atoms with Gasteiger partial charge in [-0.05, 0) is 72.1 Å². The van der Waals surface area contributed by atoms with Gasteiger partial charge in [0.25, 0.3) is 5.91 Å². The summed E-state index contributed by atoms with van der Waals surface area (Å²) in [6, 6.07) is 13.4. The zero-order chi connectivity index (χ0) is 22.3. The van der Waals surface area contributed by atoms with Crippen molar-refractivity contribution in [2.45, 2.75) is 6.92 Å². The Balaban J connectivity index is 1.97. The van der Waals surface area contributed by atoms with Crippen molar-refractivity contribution >= 4 is 22.8 Å². The van der Waals surface area contributed by atoms with Crippen molar-refractivity contribution in [1.82, 2.24) is 5.32 Å². The molecule has 0 bridgehead atoms. The molecule has 156 valence electrons. The molecule has 4 aromatic rings. The van der Waals surface area contributed by atoms with Crippen molar-refractivity contribution in [3.05, 3.63) is 77.1 Å². The number of carboxylic acid groups (broad SMARTS) is 1. The van der Waals surface area contributed by atoms with Crippen LogP contribution in [0.2, 0.25) is 0 Å². The molecule has 31 heavy (non-hydrogen) atoms. The maximum Gasteiger partial charge on any atom is 0.335 e. The van der Waals surface area contributed by atoms with E-state index in [-0.39, 0.29) is 22.8 Å². The van der Waals surface area contributed by atoms with E-state index in [9.17, 15) is 24.2 Å². The molecule has 1 amide bonds. The third kappa shape index (κ3) is 3.50. The van der Waals surface area contributed by atoms with Gasteiger partial charge in [-0.2, -0.15) is 0 Å². The fourth-order valence-electron chi connectivity index (χ4n) is 3.54. The van der Waals surface area contributed by atoms with Crippen LogP contribution in [0, 0.1) is 12.7 Å². The van der Waals surface area contributed by atoms with Crippen LogP contribution >= 0.6 is 0 Å². The third-order valence-electron chi connectivity index (χ3n) is 5.19. The van der Waals surface area contributed by atoms with Crippen LogP contribution in [0.3, 0.4) is 0 Å². The van der Waals surface area contributed by atoms with Gasteiger partial charge in [0.1, 0.15) is 22.9 Å². The van der Waals surface area contributed by atoms with E-state index in [1.165, 1.54) is 43.4 Å². The predicted octanol–water partition coefficient (Wildman–Crippen LogP) is 4.98. The number of hydrogen-bond donors (Lipinski definition) is 3. The van der Waals surface area contributed by atoms with E-state index in [0.717, 1.165) is 0 Å². The van der Waals surface area contributed by atoms with E-state index in [4.69, 9.17) is 4.42 Å². The highest BCUT2D eigenvalue weighted by molar-refractivity contribution is 6.12. The molecule has 4 rings (SSSR count). The van der Waals surface area contributed by atoms with E-state index in [2.05, 4.69) is 5.32 Å². The van der Waals surface area contributed by atoms with Crippen LogP contribution in [-0.4, -0.2) is 29.1 Å². The highest BCUT2D eigenvalue weighted by Crippen LogP contribution is 2.38. The summed E-state index contributed by atoms with van der Waals surface area (Å²) < 4.78 is 19.3. The zero-order valence-corrected chi connectivity index (χ0v) is 16.7. The van der Waals surface area contributed by atoms with Gasteiger partial charge in [0, 0.05) is 18.0 Å². The summed E-state index contributed by atoms with van der Waals surface area (Å²) in [4.78, 5) is 24.1. The number of carbonyl (C=O) groups excluding carboxylic acids is 1. The molecule has 1 aromatic heterocycles. The minimum atomic E-state index is -1.16. The average Bonchev–Trinajstić information content (AvgIpc) is 3.14. The smallest absolute Gasteiger partial charge is 0.335 e. The summed E-state index contributed by atoms with van der Waals surface area (Å²) in [6.45, 7) is 1.68. The second kappa shape index (κ2) is 7.60. The number of carbonyl (C=O) groups is 2. The number of carboxylic acids is 1. The van der Waals surface area contributed by atoms with E-state index in [0.29, 0.717) is 39.0 Å². The SMILES string of the molecule is CNC(=O)c1c(-c2ccc(F)cc2)oc2ccc(-c3cc(C(=O)O)cc(O)c3C)cc12. The number of fused-ring (bicyclic) bond motifs is 1. The van der Waals surface area contributed by atoms with Gasteiger partial charge in [-0.3, -0.25) is 4.79 Å². The van der Waals surface area contributed by atoms with Crippen LogP contribution in [0.4, 0.5) is 4.39 Å². The molecule has 0 aliphatic heterocycles. The number of aromatic hydroxyl groups is 1. The average molecular weight is 419 g/mol. The fraction of sp³-hybridized carbons (Fsp3) is 0.0833. The van der Waals surface area contributed by atoms with E-state index < -0.39 is 11.8 Å². The molecule has 0 spiro atoms. The van der Waals surface area contributed by atoms with Gasteiger partial charge in [0.15, 0.2) is 0 Å². The quantitative estimate of drug-likeness (QED) is 0.433. The van der Waals surface area contributed by atoms with Gasteiger partial charge in [0.05, 0.1) is 11.1 Å². The molecule has 0 aliphatic rings. The Morgan fingerprint density at radius 2 is 1.68 bits per heavy atom. The Morgan fingerprint density at radius 3 is 2.32 bits per heavy atom. The highest BCUT2D eigenvalue weighted by Gasteiger charge is 2.22. The molecule has 0 fully saturated rings. The topological polar surface area (TPSA) is 99.8 Å². The van der Waals surface area contributed by atoms with Crippen LogP contribution < -0.4 is 5.32 Å². The van der Waals surface area contributed by atoms with E-state index >= 15 is 0 Å². The lowest BCUT2D eigenvalue weighted by atomic mass is 9.95. The van der Waals surface area contributed by atoms with Gasteiger partial charge < -0.3 is 19.9 Å². The first-order chi connectivity index (χ1) is 14.8. The maximum atomic E-state index is 13.4. The Morgan fingerprint density at radius 1 is 1.00 bits per heavy atom. The Labute approximate surface area is 176 Å². The number of phenolic OH excluding ortho intramolecular Hbond substituents is 1. The van der Waals surface area contributed by atoms with Gasteiger partial charge >= 0.3 is 5.97 Å². The normalized spacial score (nSPS) is 10.9. The van der Waals surface area contributed by atoms with E-state index in [1.807, 2.05) is 0 Å². The number of benzene rings is 3. The van der Waals surface area contributed by atoms with Gasteiger partial charge in [-0.1, -0.05) is 6.07 Å². The maximum absolute atomic E-state index is 13.4. The third-order valence-corrected chi connectivity index (χ3v) is 5.19. The number of phenols is 1. The summed E-state index contributed by atoms with van der Waals surface area (Å²) >= 11 is 0. The number of amides is 1. The summed E-state index contributed by atoms with van der Waals surface area (Å²) in [5, 5.41) is 22.6. The second-order valence-corrected chi connectivity index (χ2v) is 7.08. The predicted molar refractivity (Wildman–Crippen MR) is 114 cm³/mol. The summed E-state index contributed by atoms with van der Waals surface area (Å²) in [7, 11) is 1.50. The van der Waals surface area contributed by atoms with Crippen LogP contribution in [0.15, 0.2) is 59.0 Å². The molecule has 0 unspecified atom stereocenters. The van der Waals surface area contributed by atoms with E-state index in [1.54, 1.807) is 25.1 Å². The van der Waals surface area contributed by atoms with Gasteiger partial charge in [0.2, 0.25) is 0 Å². The minimum absolute atomic E-state index is 0.0519. The number of halogens is 1. The fourth-order valence-corrected chi connectivity index (χ4v) is 3.54. The lowest BCUT2D eigenvalue weighted by Gasteiger charge is -2.10. The van der Waals surface area contributed by atoms with Crippen molar-refractivity contribution in [3.8, 4) is 28.2 Å². The molecule has 0 aliphatic carbocycles. The van der Waals surface area contributed by atoms with Crippen molar-refractivity contribution < 1.29 is 28.6 Å². The molecule has 0 saturated heterocycles. The van der Waals surface area contributed by atoms with Crippen LogP contribution in [0.1, 0.15) is 26.3 Å². The molecule has 3 aromatic carbocycles. The Kier molecular flexibility index (Phi) is 4.94. The van der Waals surface area contributed by atoms with Crippen molar-refractivity contribution in [2.75, 3.05) is 7.05 Å². The molecule has 0 atom stereocenters. The molecule has 1 heterocycles. The molecule has 0 saturated carbocycles. The summed E-state index contributed by atoms with van der Waals surface area (Å²) in [5.74, 6) is -1.79. The largest absolute Gasteiger partial charge is 0.508 e. The number of furan rings is 1. The highest BCUT2D eigenvalue weighted by atomic mass is 19.1. The summed E-state index contributed by atoms with van der Waals surface area (Å²) in [5.41, 5.74) is 2.85. The second-order valence-electron chi connectivity index (χ2n) is 7.08. The first kappa shape index (κ1) is 20.2. The number of aromatic carboxylic acids is 1. The van der Waals surface area contributed by atoms with Crippen LogP contribution in [-0.2, 0) is 0 Å². The molecule has 6 nitrogen and oxygen atoms in total. The molecular weight excluding hydrogens is 401 g/mol. The Bertz CT molecular complexity index is 1340. The molecule has 7 heteroatoms. The minimum Gasteiger partial charge on any atom is -0.508 e. The van der Waals surface area contributed by atoms with Gasteiger partial charge in [-0.15, -0.1) is 0 Å². The first-order valence-electron chi connectivity index (χ1n) is 9.42. The van der Waals surface area contributed by atoms with Crippen LogP contribution in [0.25, 0.3) is 33.4 Å². The zero-order valence-electron chi connectivity index (χ0n) is 16.7. The Hall–Kier alpha value is -4.13. The lowest BCUT2D eigenvalue weighted by molar-refractivity contribution is 0.0696. The number of nitrogens with one attached hydrogen (secondary N) is 1. The molecular formula is C24H18FNO5. The molecule has 3 N–H and O–H groups in total. The number of rotatable bonds is 4. The monoisotopic (exact) mass is 419 g/mol. The lowest BCUT2D eigenvalue weighted by Crippen LogP contribution is -2.18. The number of hydrogen-bond acceptors (Lipinski definition) is 4. The van der Waals surface area contributed by atoms with Crippen LogP contribution in [0.5, 0.6) is 5.75 Å². The standard InChI is InChI=1S/C24H18FNO5/c1-12-17(10-15(24(29)30)11-19(12)27)14-5-8-20-18(9-14)21(23(28)26-2)22(31-20)13-3-6-16(25)7-4-13/h3-11,27H,1-2H3,(H,26,28)(H,29,30). The van der Waals surface area contributed by atoms with Crippen molar-refractivity contribution in [3.63, 3.8) is 0 Å². The summed E-state index contributed by atoms with van der Waals surface area (Å²) in [6.07, 6.45) is 0. The van der Waals surface area contributed by atoms with Crippen molar-refractivity contribution in [1.29, 1.82) is 0 Å². The molecule has 0 radical (unpaired) electrons.